The Morgan fingerprint density at radius 1 is 1.07 bits per heavy atom. The molecule has 3 atom stereocenters. The standard InChI is InChI=1S/C23H27F2N3O2/c1-14(2)27-22(29)20(21(26)23(30)28-12-11-19(25)13-28)17-5-3-15(4-6-17)16-7-9-18(24)10-8-16/h3-10,14,19-21H,11-13,26H2,1-2H3,(H,27,29)/t19-,20-,21-/m0/s1. The number of benzene rings is 2. The lowest BCUT2D eigenvalue weighted by atomic mass is 9.88. The van der Waals surface area contributed by atoms with Gasteiger partial charge in [-0.2, -0.15) is 0 Å². The van der Waals surface area contributed by atoms with Gasteiger partial charge in [-0.25, -0.2) is 8.78 Å². The van der Waals surface area contributed by atoms with Gasteiger partial charge in [0.1, 0.15) is 18.0 Å². The number of hydrogen-bond acceptors (Lipinski definition) is 3. The van der Waals surface area contributed by atoms with Crippen LogP contribution >= 0.6 is 0 Å². The van der Waals surface area contributed by atoms with Crippen molar-refractivity contribution in [2.75, 3.05) is 13.1 Å². The minimum absolute atomic E-state index is 0.00849. The molecule has 1 aliphatic rings. The van der Waals surface area contributed by atoms with Crippen LogP contribution in [0.3, 0.4) is 0 Å². The van der Waals surface area contributed by atoms with E-state index in [9.17, 15) is 18.4 Å². The third kappa shape index (κ3) is 5.02. The molecule has 7 heteroatoms. The van der Waals surface area contributed by atoms with Gasteiger partial charge in [0.2, 0.25) is 11.8 Å². The summed E-state index contributed by atoms with van der Waals surface area (Å²) in [6, 6.07) is 12.0. The third-order valence-corrected chi connectivity index (χ3v) is 5.25. The Labute approximate surface area is 175 Å². The Morgan fingerprint density at radius 3 is 2.13 bits per heavy atom. The lowest BCUT2D eigenvalue weighted by Gasteiger charge is -2.27. The molecule has 0 spiro atoms. The van der Waals surface area contributed by atoms with Crippen molar-refractivity contribution in [2.24, 2.45) is 5.73 Å². The second-order valence-corrected chi connectivity index (χ2v) is 7.97. The van der Waals surface area contributed by atoms with Crippen LogP contribution in [-0.2, 0) is 9.59 Å². The smallest absolute Gasteiger partial charge is 0.240 e. The summed E-state index contributed by atoms with van der Waals surface area (Å²) in [6.07, 6.45) is -0.771. The lowest BCUT2D eigenvalue weighted by Crippen LogP contribution is -2.51. The van der Waals surface area contributed by atoms with Crippen molar-refractivity contribution in [3.8, 4) is 11.1 Å². The predicted molar refractivity (Wildman–Crippen MR) is 112 cm³/mol. The van der Waals surface area contributed by atoms with Crippen LogP contribution in [0, 0.1) is 5.82 Å². The molecule has 0 saturated carbocycles. The SMILES string of the molecule is CC(C)NC(=O)[C@@H](c1ccc(-c2ccc(F)cc2)cc1)[C@H](N)C(=O)N1CC[C@H](F)C1. The molecule has 1 fully saturated rings. The molecule has 1 heterocycles. The molecule has 3 N–H and O–H groups in total. The van der Waals surface area contributed by atoms with Crippen LogP contribution in [0.2, 0.25) is 0 Å². The van der Waals surface area contributed by atoms with Gasteiger partial charge in [0.15, 0.2) is 0 Å². The zero-order valence-corrected chi connectivity index (χ0v) is 17.1. The number of carbonyl (C=O) groups excluding carboxylic acids is 2. The van der Waals surface area contributed by atoms with Crippen LogP contribution in [0.15, 0.2) is 48.5 Å². The maximum absolute atomic E-state index is 13.5. The summed E-state index contributed by atoms with van der Waals surface area (Å²) in [5.74, 6) is -2.00. The fourth-order valence-corrected chi connectivity index (χ4v) is 3.69. The summed E-state index contributed by atoms with van der Waals surface area (Å²) in [6.45, 7) is 3.96. The van der Waals surface area contributed by atoms with E-state index < -0.39 is 24.0 Å². The molecule has 0 unspecified atom stereocenters. The molecule has 2 aromatic carbocycles. The number of hydrogen-bond donors (Lipinski definition) is 2. The number of nitrogens with two attached hydrogens (primary N) is 1. The highest BCUT2D eigenvalue weighted by Crippen LogP contribution is 2.26. The Kier molecular flexibility index (Phi) is 6.82. The van der Waals surface area contributed by atoms with Gasteiger partial charge in [-0.15, -0.1) is 0 Å². The summed E-state index contributed by atoms with van der Waals surface area (Å²) in [5.41, 5.74) is 8.52. The molecule has 3 rings (SSSR count). The molecule has 1 aliphatic heterocycles. The maximum atomic E-state index is 13.5. The summed E-state index contributed by atoms with van der Waals surface area (Å²) in [5, 5.41) is 2.82. The topological polar surface area (TPSA) is 75.4 Å². The van der Waals surface area contributed by atoms with Crippen LogP contribution in [0.4, 0.5) is 8.78 Å². The Morgan fingerprint density at radius 2 is 1.63 bits per heavy atom. The first-order valence-electron chi connectivity index (χ1n) is 10.1. The van der Waals surface area contributed by atoms with Crippen LogP contribution in [-0.4, -0.2) is 48.1 Å². The molecule has 2 amide bonds. The van der Waals surface area contributed by atoms with Crippen molar-refractivity contribution in [1.29, 1.82) is 0 Å². The molecule has 0 aliphatic carbocycles. The van der Waals surface area contributed by atoms with Crippen molar-refractivity contribution >= 4 is 11.8 Å². The Hall–Kier alpha value is -2.80. The van der Waals surface area contributed by atoms with Crippen molar-refractivity contribution in [1.82, 2.24) is 10.2 Å². The van der Waals surface area contributed by atoms with Gasteiger partial charge in [0, 0.05) is 12.6 Å². The number of carbonyl (C=O) groups is 2. The first-order valence-corrected chi connectivity index (χ1v) is 10.1. The van der Waals surface area contributed by atoms with E-state index >= 15 is 0 Å². The number of halogens is 2. The number of amides is 2. The molecular formula is C23H27F2N3O2. The highest BCUT2D eigenvalue weighted by Gasteiger charge is 2.37. The molecule has 0 bridgehead atoms. The van der Waals surface area contributed by atoms with Crippen LogP contribution in [0.5, 0.6) is 0 Å². The van der Waals surface area contributed by atoms with Crippen LogP contribution in [0.1, 0.15) is 31.7 Å². The zero-order chi connectivity index (χ0) is 21.8. The van der Waals surface area contributed by atoms with Crippen LogP contribution < -0.4 is 11.1 Å². The van der Waals surface area contributed by atoms with Gasteiger partial charge in [0.05, 0.1) is 12.5 Å². The van der Waals surface area contributed by atoms with Crippen molar-refractivity contribution in [3.63, 3.8) is 0 Å². The summed E-state index contributed by atoms with van der Waals surface area (Å²) in [4.78, 5) is 27.1. The molecule has 30 heavy (non-hydrogen) atoms. The molecule has 0 radical (unpaired) electrons. The van der Waals surface area contributed by atoms with Crippen molar-refractivity contribution in [2.45, 2.75) is 44.4 Å². The molecular weight excluding hydrogens is 388 g/mol. The quantitative estimate of drug-likeness (QED) is 0.762. The zero-order valence-electron chi connectivity index (χ0n) is 17.1. The summed E-state index contributed by atoms with van der Waals surface area (Å²) in [7, 11) is 0. The normalized spacial score (nSPS) is 18.3. The van der Waals surface area contributed by atoms with E-state index in [0.29, 0.717) is 12.1 Å². The maximum Gasteiger partial charge on any atom is 0.240 e. The van der Waals surface area contributed by atoms with Gasteiger partial charge in [-0.1, -0.05) is 36.4 Å². The van der Waals surface area contributed by atoms with Gasteiger partial charge < -0.3 is 16.0 Å². The number of rotatable bonds is 6. The fraction of sp³-hybridized carbons (Fsp3) is 0.391. The Balaban J connectivity index is 1.87. The van der Waals surface area contributed by atoms with E-state index in [1.165, 1.54) is 17.0 Å². The molecule has 160 valence electrons. The average molecular weight is 415 g/mol. The number of alkyl halides is 1. The van der Waals surface area contributed by atoms with Gasteiger partial charge in [-0.3, -0.25) is 9.59 Å². The summed E-state index contributed by atoms with van der Waals surface area (Å²) < 4.78 is 26.7. The largest absolute Gasteiger partial charge is 0.353 e. The minimum Gasteiger partial charge on any atom is -0.353 e. The van der Waals surface area contributed by atoms with Crippen molar-refractivity contribution in [3.05, 3.63) is 59.9 Å². The number of nitrogens with one attached hydrogen (secondary N) is 1. The van der Waals surface area contributed by atoms with E-state index in [2.05, 4.69) is 5.32 Å². The molecule has 5 nitrogen and oxygen atoms in total. The van der Waals surface area contributed by atoms with E-state index in [4.69, 9.17) is 5.73 Å². The van der Waals surface area contributed by atoms with Gasteiger partial charge >= 0.3 is 0 Å². The molecule has 0 aromatic heterocycles. The summed E-state index contributed by atoms with van der Waals surface area (Å²) >= 11 is 0. The monoisotopic (exact) mass is 415 g/mol. The Bertz CT molecular complexity index is 884. The van der Waals surface area contributed by atoms with Crippen molar-refractivity contribution < 1.29 is 18.4 Å². The fourth-order valence-electron chi connectivity index (χ4n) is 3.69. The second kappa shape index (κ2) is 9.34. The van der Waals surface area contributed by atoms with Crippen LogP contribution in [0.25, 0.3) is 11.1 Å². The second-order valence-electron chi connectivity index (χ2n) is 7.97. The van der Waals surface area contributed by atoms with E-state index in [1.54, 1.807) is 24.3 Å². The van der Waals surface area contributed by atoms with E-state index in [-0.39, 0.29) is 30.7 Å². The first kappa shape index (κ1) is 21.9. The average Bonchev–Trinajstić information content (AvgIpc) is 3.14. The van der Waals surface area contributed by atoms with E-state index in [0.717, 1.165) is 11.1 Å². The molecule has 1 saturated heterocycles. The minimum atomic E-state index is -1.12. The van der Waals surface area contributed by atoms with Gasteiger partial charge in [-0.05, 0) is 49.1 Å². The highest BCUT2D eigenvalue weighted by molar-refractivity contribution is 5.94. The lowest BCUT2D eigenvalue weighted by molar-refractivity contribution is -0.135. The highest BCUT2D eigenvalue weighted by atomic mass is 19.1. The number of likely N-dealkylation sites (tertiary alicyclic amines) is 1. The third-order valence-electron chi connectivity index (χ3n) is 5.25. The first-order chi connectivity index (χ1) is 14.3. The molecule has 2 aromatic rings. The van der Waals surface area contributed by atoms with E-state index in [1.807, 2.05) is 26.0 Å². The predicted octanol–water partition coefficient (Wildman–Crippen LogP) is 3.00. The van der Waals surface area contributed by atoms with Gasteiger partial charge in [0.25, 0.3) is 0 Å². The number of nitrogens with zero attached hydrogens (tertiary/aromatic N) is 1.